The van der Waals surface area contributed by atoms with Crippen LogP contribution >= 0.6 is 22.9 Å². The van der Waals surface area contributed by atoms with Gasteiger partial charge in [-0.3, -0.25) is 10.1 Å². The van der Waals surface area contributed by atoms with E-state index in [1.807, 2.05) is 6.07 Å². The van der Waals surface area contributed by atoms with Gasteiger partial charge in [0.05, 0.1) is 17.1 Å². The highest BCUT2D eigenvalue weighted by molar-refractivity contribution is 7.15. The molecule has 2 heterocycles. The molecule has 7 heteroatoms. The number of ether oxygens (including phenoxy) is 1. The number of aromatic nitrogens is 1. The summed E-state index contributed by atoms with van der Waals surface area (Å²) >= 11 is 7.45. The van der Waals surface area contributed by atoms with Crippen molar-refractivity contribution >= 4 is 34.0 Å². The monoisotopic (exact) mass is 428 g/mol. The van der Waals surface area contributed by atoms with Crippen LogP contribution in [0.3, 0.4) is 0 Å². The highest BCUT2D eigenvalue weighted by Crippen LogP contribution is 2.25. The van der Waals surface area contributed by atoms with Gasteiger partial charge in [-0.25, -0.2) is 4.98 Å². The number of amides is 1. The number of hydrogen-bond acceptors (Lipinski definition) is 4. The largest absolute Gasteiger partial charge is 0.481 e. The van der Waals surface area contributed by atoms with E-state index in [1.165, 1.54) is 15.3 Å². The number of carbonyl (C=O) groups is 1. The van der Waals surface area contributed by atoms with E-state index in [2.05, 4.69) is 34.6 Å². The van der Waals surface area contributed by atoms with Crippen LogP contribution in [-0.2, 0) is 24.3 Å². The first-order chi connectivity index (χ1) is 14.1. The second-order valence-corrected chi connectivity index (χ2v) is 8.70. The minimum absolute atomic E-state index is 0.209. The Bertz CT molecular complexity index is 975. The summed E-state index contributed by atoms with van der Waals surface area (Å²) in [4.78, 5) is 19.9. The molecule has 3 aromatic rings. The molecule has 1 aliphatic heterocycles. The van der Waals surface area contributed by atoms with Crippen molar-refractivity contribution in [2.45, 2.75) is 32.5 Å². The fraction of sp³-hybridized carbons (Fsp3) is 0.273. The summed E-state index contributed by atoms with van der Waals surface area (Å²) in [5.41, 5.74) is 2.45. The number of nitrogens with one attached hydrogen (secondary N) is 2. The van der Waals surface area contributed by atoms with E-state index < -0.39 is 6.10 Å². The number of hydrogen-bond donors (Lipinski definition) is 2. The van der Waals surface area contributed by atoms with Crippen molar-refractivity contribution in [3.05, 3.63) is 75.8 Å². The van der Waals surface area contributed by atoms with E-state index >= 15 is 0 Å². The predicted octanol–water partition coefficient (Wildman–Crippen LogP) is 3.34. The van der Waals surface area contributed by atoms with Crippen LogP contribution in [0, 0.1) is 0 Å². The smallest absolute Gasteiger partial charge is 0.266 e. The van der Waals surface area contributed by atoms with Gasteiger partial charge in [-0.15, -0.1) is 0 Å². The minimum atomic E-state index is -0.627. The van der Waals surface area contributed by atoms with Gasteiger partial charge >= 0.3 is 0 Å². The molecular formula is C22H23ClN3O2S+. The Balaban J connectivity index is 1.35. The molecule has 5 nitrogen and oxygen atoms in total. The Morgan fingerprint density at radius 3 is 2.76 bits per heavy atom. The first kappa shape index (κ1) is 19.9. The second kappa shape index (κ2) is 8.95. The van der Waals surface area contributed by atoms with Crippen LogP contribution in [0.2, 0.25) is 5.02 Å². The van der Waals surface area contributed by atoms with Gasteiger partial charge in [-0.05, 0) is 31.2 Å². The summed E-state index contributed by atoms with van der Waals surface area (Å²) in [5, 5.41) is 4.18. The molecule has 1 unspecified atom stereocenters. The molecule has 150 valence electrons. The molecule has 0 bridgehead atoms. The summed E-state index contributed by atoms with van der Waals surface area (Å²) in [6.45, 7) is 4.72. The van der Waals surface area contributed by atoms with Crippen molar-refractivity contribution in [1.29, 1.82) is 0 Å². The van der Waals surface area contributed by atoms with Crippen LogP contribution in [0.5, 0.6) is 5.75 Å². The zero-order valence-corrected chi connectivity index (χ0v) is 17.7. The molecular weight excluding hydrogens is 406 g/mol. The molecule has 2 aromatic carbocycles. The molecule has 29 heavy (non-hydrogen) atoms. The molecule has 0 radical (unpaired) electrons. The molecule has 0 saturated carbocycles. The van der Waals surface area contributed by atoms with E-state index in [-0.39, 0.29) is 5.91 Å². The van der Waals surface area contributed by atoms with Gasteiger partial charge in [-0.2, -0.15) is 0 Å². The third-order valence-corrected chi connectivity index (χ3v) is 6.19. The zero-order chi connectivity index (χ0) is 20.2. The maximum absolute atomic E-state index is 12.5. The van der Waals surface area contributed by atoms with Gasteiger partial charge in [0, 0.05) is 17.0 Å². The maximum atomic E-state index is 12.5. The van der Waals surface area contributed by atoms with Gasteiger partial charge in [0.25, 0.3) is 5.91 Å². The molecule has 1 aromatic heterocycles. The van der Waals surface area contributed by atoms with E-state index in [0.717, 1.165) is 31.7 Å². The lowest BCUT2D eigenvalue weighted by molar-refractivity contribution is -0.929. The van der Waals surface area contributed by atoms with E-state index in [1.54, 1.807) is 42.5 Å². The van der Waals surface area contributed by atoms with Gasteiger partial charge < -0.3 is 9.64 Å². The maximum Gasteiger partial charge on any atom is 0.266 e. The number of halogens is 1. The summed E-state index contributed by atoms with van der Waals surface area (Å²) in [7, 11) is 0. The number of thiazole rings is 1. The van der Waals surface area contributed by atoms with E-state index in [0.29, 0.717) is 15.9 Å². The number of nitrogens with zero attached hydrogens (tertiary/aromatic N) is 1. The number of rotatable bonds is 6. The van der Waals surface area contributed by atoms with Gasteiger partial charge in [0.15, 0.2) is 11.2 Å². The van der Waals surface area contributed by atoms with Crippen molar-refractivity contribution in [3.8, 4) is 5.75 Å². The predicted molar refractivity (Wildman–Crippen MR) is 116 cm³/mol. The molecule has 0 saturated heterocycles. The lowest BCUT2D eigenvalue weighted by Gasteiger charge is -2.22. The van der Waals surface area contributed by atoms with Gasteiger partial charge in [0.1, 0.15) is 18.8 Å². The average Bonchev–Trinajstić information content (AvgIpc) is 3.12. The standard InChI is InChI=1S/C22H22ClN3O2S/c1-15(28-18-9-7-17(23)8-10-18)21(27)25-22-24-19-11-12-26(14-20(19)29-22)13-16-5-3-2-4-6-16/h2-10,15H,11-14H2,1H3,(H,24,25,27)/p+1/t15-/m1/s1. The summed E-state index contributed by atoms with van der Waals surface area (Å²) < 4.78 is 5.69. The summed E-state index contributed by atoms with van der Waals surface area (Å²) in [6.07, 6.45) is 0.304. The van der Waals surface area contributed by atoms with Crippen molar-refractivity contribution in [2.75, 3.05) is 11.9 Å². The zero-order valence-electron chi connectivity index (χ0n) is 16.2. The Morgan fingerprint density at radius 1 is 1.24 bits per heavy atom. The highest BCUT2D eigenvalue weighted by atomic mass is 35.5. The Hall–Kier alpha value is -2.41. The fourth-order valence-electron chi connectivity index (χ4n) is 3.39. The van der Waals surface area contributed by atoms with Crippen LogP contribution in [0.25, 0.3) is 0 Å². The normalized spacial score (nSPS) is 16.7. The Morgan fingerprint density at radius 2 is 2.00 bits per heavy atom. The Kier molecular flexibility index (Phi) is 6.13. The molecule has 2 atom stereocenters. The van der Waals surface area contributed by atoms with Gasteiger partial charge in [-0.1, -0.05) is 53.3 Å². The minimum Gasteiger partial charge on any atom is -0.481 e. The first-order valence-corrected chi connectivity index (χ1v) is 10.9. The number of anilines is 1. The van der Waals surface area contributed by atoms with E-state index in [4.69, 9.17) is 16.3 Å². The number of carbonyl (C=O) groups excluding carboxylic acids is 1. The third-order valence-electron chi connectivity index (χ3n) is 4.93. The van der Waals surface area contributed by atoms with E-state index in [9.17, 15) is 4.79 Å². The summed E-state index contributed by atoms with van der Waals surface area (Å²) in [6, 6.07) is 17.5. The third kappa shape index (κ3) is 5.15. The fourth-order valence-corrected chi connectivity index (χ4v) is 4.60. The SMILES string of the molecule is C[C@@H](Oc1ccc(Cl)cc1)C(=O)Nc1nc2c(s1)C[NH+](Cc1ccccc1)CC2. The lowest BCUT2D eigenvalue weighted by Crippen LogP contribution is -3.10. The number of benzene rings is 2. The number of fused-ring (bicyclic) bond motifs is 1. The van der Waals surface area contributed by atoms with Crippen molar-refractivity contribution < 1.29 is 14.4 Å². The number of quaternary nitrogens is 1. The molecule has 0 spiro atoms. The molecule has 2 N–H and O–H groups in total. The van der Waals surface area contributed by atoms with Crippen molar-refractivity contribution in [1.82, 2.24) is 4.98 Å². The lowest BCUT2D eigenvalue weighted by atomic mass is 10.1. The molecule has 1 amide bonds. The molecule has 4 rings (SSSR count). The van der Waals surface area contributed by atoms with Crippen molar-refractivity contribution in [3.63, 3.8) is 0 Å². The van der Waals surface area contributed by atoms with Crippen LogP contribution in [0.1, 0.15) is 23.1 Å². The van der Waals surface area contributed by atoms with Crippen LogP contribution in [-0.4, -0.2) is 23.5 Å². The Labute approximate surface area is 179 Å². The van der Waals surface area contributed by atoms with Crippen molar-refractivity contribution in [2.24, 2.45) is 0 Å². The average molecular weight is 429 g/mol. The van der Waals surface area contributed by atoms with Crippen LogP contribution in [0.15, 0.2) is 54.6 Å². The second-order valence-electron chi connectivity index (χ2n) is 7.18. The quantitative estimate of drug-likeness (QED) is 0.633. The molecule has 1 aliphatic rings. The topological polar surface area (TPSA) is 55.7 Å². The molecule has 0 aliphatic carbocycles. The van der Waals surface area contributed by atoms with Gasteiger partial charge in [0.2, 0.25) is 0 Å². The molecule has 0 fully saturated rings. The van der Waals surface area contributed by atoms with Crippen LogP contribution < -0.4 is 15.0 Å². The summed E-state index contributed by atoms with van der Waals surface area (Å²) in [5.74, 6) is 0.398. The van der Waals surface area contributed by atoms with Crippen LogP contribution in [0.4, 0.5) is 5.13 Å². The highest BCUT2D eigenvalue weighted by Gasteiger charge is 2.25. The first-order valence-electron chi connectivity index (χ1n) is 9.66.